The lowest BCUT2D eigenvalue weighted by atomic mass is 9.81. The van der Waals surface area contributed by atoms with Gasteiger partial charge >= 0.3 is 0 Å². The molecule has 0 saturated carbocycles. The average Bonchev–Trinajstić information content (AvgIpc) is 3.49. The Balaban J connectivity index is 0.000000220. The third kappa shape index (κ3) is 11.6. The predicted molar refractivity (Wildman–Crippen MR) is 263 cm³/mol. The summed E-state index contributed by atoms with van der Waals surface area (Å²) in [6.45, 7) is 38.2. The van der Waals surface area contributed by atoms with Gasteiger partial charge in [0.25, 0.3) is 0 Å². The summed E-state index contributed by atoms with van der Waals surface area (Å²) in [7, 11) is 0. The molecule has 0 amide bonds. The van der Waals surface area contributed by atoms with Crippen molar-refractivity contribution in [3.63, 3.8) is 0 Å². The maximum absolute atomic E-state index is 6.00. The molecule has 0 bridgehead atoms. The van der Waals surface area contributed by atoms with Crippen molar-refractivity contribution in [3.8, 4) is 16.8 Å². The third-order valence-electron chi connectivity index (χ3n) is 11.5. The minimum Gasteiger partial charge on any atom is -0.309 e. The molecule has 0 spiro atoms. The third-order valence-corrected chi connectivity index (χ3v) is 11.5. The monoisotopic (exact) mass is 804 g/mol. The zero-order chi connectivity index (χ0) is 45.0. The lowest BCUT2D eigenvalue weighted by Gasteiger charge is -2.23. The molecule has 7 rings (SSSR count). The van der Waals surface area contributed by atoms with E-state index in [1.54, 1.807) is 0 Å². The Kier molecular flexibility index (Phi) is 14.9. The SMILES string of the molecule is Cc1ccc(C(C)(C)C)cc1-c1cc(C(C)(C)C)ccc1C.Cc1ccc(C)cc1.Cc1cccc(-n2c3ccc(C(C)(C)C)cc3c3cc(C(C)(C)C)ccc32)c1.OO. The standard InChI is InChI=1S/C27H31N.C22H30.C8H10.H2O2/c1-18-9-8-10-21(15-18)28-24-13-11-19(26(2,3)4)16-22(24)23-17-20(27(5,6)7)12-14-25(23)28;1-15-9-11-17(21(3,4)5)13-19(15)20-14-18(22(6,7)8)12-10-16(20)2;1-7-3-5-8(2)6-4-7;1-2/h8-17H,1-7H3;9-14H,1-8H3;3-6H,1-2H3;1-2H. The highest BCUT2D eigenvalue weighted by Crippen LogP contribution is 2.38. The number of hydrogen-bond donors (Lipinski definition) is 2. The van der Waals surface area contributed by atoms with Gasteiger partial charge in [-0.2, -0.15) is 0 Å². The lowest BCUT2D eigenvalue weighted by Crippen LogP contribution is -2.12. The van der Waals surface area contributed by atoms with Crippen molar-refractivity contribution < 1.29 is 10.5 Å². The van der Waals surface area contributed by atoms with Crippen LogP contribution >= 0.6 is 0 Å². The van der Waals surface area contributed by atoms with Crippen LogP contribution in [0.25, 0.3) is 38.6 Å². The van der Waals surface area contributed by atoms with Crippen LogP contribution in [-0.4, -0.2) is 15.1 Å². The van der Waals surface area contributed by atoms with E-state index in [1.807, 2.05) is 0 Å². The van der Waals surface area contributed by atoms with Crippen LogP contribution in [-0.2, 0) is 21.7 Å². The van der Waals surface area contributed by atoms with Crippen LogP contribution in [0.5, 0.6) is 0 Å². The van der Waals surface area contributed by atoms with Crippen LogP contribution in [0.1, 0.15) is 133 Å². The van der Waals surface area contributed by atoms with Gasteiger partial charge in [0.1, 0.15) is 0 Å². The predicted octanol–water partition coefficient (Wildman–Crippen LogP) is 16.6. The van der Waals surface area contributed by atoms with Crippen LogP contribution in [0.2, 0.25) is 0 Å². The molecule has 0 saturated heterocycles. The second kappa shape index (κ2) is 18.8. The number of benzene rings is 6. The fraction of sp³-hybridized carbons (Fsp3) is 0.368. The molecule has 0 aliphatic rings. The van der Waals surface area contributed by atoms with E-state index in [0.29, 0.717) is 0 Å². The first-order valence-electron chi connectivity index (χ1n) is 21.5. The summed E-state index contributed by atoms with van der Waals surface area (Å²) < 4.78 is 2.41. The van der Waals surface area contributed by atoms with Gasteiger partial charge in [0.2, 0.25) is 0 Å². The van der Waals surface area contributed by atoms with Gasteiger partial charge < -0.3 is 4.57 Å². The van der Waals surface area contributed by atoms with Crippen molar-refractivity contribution >= 4 is 21.8 Å². The molecule has 2 N–H and O–H groups in total. The van der Waals surface area contributed by atoms with Crippen molar-refractivity contribution in [2.24, 2.45) is 0 Å². The minimum atomic E-state index is 0.133. The molecule has 7 aromatic rings. The Morgan fingerprint density at radius 3 is 1.02 bits per heavy atom. The maximum Gasteiger partial charge on any atom is 0.0541 e. The first-order valence-corrected chi connectivity index (χ1v) is 21.5. The summed E-state index contributed by atoms with van der Waals surface area (Å²) in [5.74, 6) is 0. The van der Waals surface area contributed by atoms with Crippen LogP contribution in [0.15, 0.2) is 121 Å². The molecule has 0 aliphatic carbocycles. The molecule has 0 unspecified atom stereocenters. The van der Waals surface area contributed by atoms with Crippen LogP contribution in [0.3, 0.4) is 0 Å². The van der Waals surface area contributed by atoms with Gasteiger partial charge in [-0.1, -0.05) is 179 Å². The van der Waals surface area contributed by atoms with E-state index in [4.69, 9.17) is 10.5 Å². The number of aromatic nitrogens is 1. The second-order valence-electron chi connectivity index (χ2n) is 20.9. The summed E-state index contributed by atoms with van der Waals surface area (Å²) in [6.07, 6.45) is 0. The van der Waals surface area contributed by atoms with Gasteiger partial charge in [0.15, 0.2) is 0 Å². The minimum absolute atomic E-state index is 0.133. The van der Waals surface area contributed by atoms with Gasteiger partial charge in [-0.05, 0) is 143 Å². The highest BCUT2D eigenvalue weighted by Gasteiger charge is 2.22. The molecule has 318 valence electrons. The molecule has 3 nitrogen and oxygen atoms in total. The van der Waals surface area contributed by atoms with Crippen molar-refractivity contribution in [3.05, 3.63) is 171 Å². The van der Waals surface area contributed by atoms with E-state index < -0.39 is 0 Å². The van der Waals surface area contributed by atoms with E-state index in [-0.39, 0.29) is 21.7 Å². The number of nitrogens with zero attached hydrogens (tertiary/aromatic N) is 1. The average molecular weight is 804 g/mol. The van der Waals surface area contributed by atoms with Crippen LogP contribution in [0, 0.1) is 34.6 Å². The summed E-state index contributed by atoms with van der Waals surface area (Å²) in [4.78, 5) is 0. The highest BCUT2D eigenvalue weighted by atomic mass is 17.0. The summed E-state index contributed by atoms with van der Waals surface area (Å²) in [5, 5.41) is 14.7. The molecule has 1 heterocycles. The van der Waals surface area contributed by atoms with E-state index >= 15 is 0 Å². The fourth-order valence-electron chi connectivity index (χ4n) is 7.40. The van der Waals surface area contributed by atoms with Gasteiger partial charge in [0.05, 0.1) is 11.0 Å². The summed E-state index contributed by atoms with van der Waals surface area (Å²) in [6, 6.07) is 45.1. The molecule has 3 heteroatoms. The van der Waals surface area contributed by atoms with E-state index in [2.05, 4.69) is 244 Å². The van der Waals surface area contributed by atoms with Crippen LogP contribution < -0.4 is 0 Å². The molecule has 1 aromatic heterocycles. The Hall–Kier alpha value is -4.96. The van der Waals surface area contributed by atoms with Gasteiger partial charge in [0, 0.05) is 16.5 Å². The van der Waals surface area contributed by atoms with Crippen molar-refractivity contribution in [1.82, 2.24) is 4.57 Å². The Morgan fingerprint density at radius 1 is 0.350 bits per heavy atom. The smallest absolute Gasteiger partial charge is 0.0541 e. The molecule has 0 aliphatic heterocycles. The topological polar surface area (TPSA) is 45.4 Å². The largest absolute Gasteiger partial charge is 0.309 e. The second-order valence-corrected chi connectivity index (χ2v) is 20.9. The van der Waals surface area contributed by atoms with Crippen molar-refractivity contribution in [2.45, 2.75) is 139 Å². The molecular formula is C57H73NO2. The number of rotatable bonds is 2. The van der Waals surface area contributed by atoms with Gasteiger partial charge in [-0.3, -0.25) is 10.5 Å². The van der Waals surface area contributed by atoms with Crippen LogP contribution in [0.4, 0.5) is 0 Å². The Morgan fingerprint density at radius 2 is 0.683 bits per heavy atom. The summed E-state index contributed by atoms with van der Waals surface area (Å²) >= 11 is 0. The zero-order valence-corrected chi connectivity index (χ0v) is 39.9. The zero-order valence-electron chi connectivity index (χ0n) is 39.9. The molecule has 0 atom stereocenters. The molecule has 60 heavy (non-hydrogen) atoms. The van der Waals surface area contributed by atoms with Crippen molar-refractivity contribution in [1.29, 1.82) is 0 Å². The van der Waals surface area contributed by atoms with Gasteiger partial charge in [-0.15, -0.1) is 0 Å². The first kappa shape index (κ1) is 47.7. The van der Waals surface area contributed by atoms with E-state index in [0.717, 1.165) is 0 Å². The van der Waals surface area contributed by atoms with E-state index in [9.17, 15) is 0 Å². The molecule has 6 aromatic carbocycles. The Labute approximate surface area is 363 Å². The fourth-order valence-corrected chi connectivity index (χ4v) is 7.40. The molecule has 0 radical (unpaired) electrons. The van der Waals surface area contributed by atoms with Gasteiger partial charge in [-0.25, -0.2) is 0 Å². The lowest BCUT2D eigenvalue weighted by molar-refractivity contribution is -0.176. The molecule has 0 fully saturated rings. The normalized spacial score (nSPS) is 11.9. The number of fused-ring (bicyclic) bond motifs is 3. The Bertz CT molecular complexity index is 2370. The highest BCUT2D eigenvalue weighted by molar-refractivity contribution is 6.09. The summed E-state index contributed by atoms with van der Waals surface area (Å²) in [5.41, 5.74) is 19.3. The quantitative estimate of drug-likeness (QED) is 0.135. The maximum atomic E-state index is 6.00. The van der Waals surface area contributed by atoms with Crippen molar-refractivity contribution in [2.75, 3.05) is 0 Å². The number of aryl methyl sites for hydroxylation is 5. The number of hydrogen-bond acceptors (Lipinski definition) is 2. The first-order chi connectivity index (χ1) is 27.8. The van der Waals surface area contributed by atoms with E-state index in [1.165, 1.54) is 88.7 Å². The molecular weight excluding hydrogens is 731 g/mol.